The Morgan fingerprint density at radius 2 is 1.91 bits per heavy atom. The van der Waals surface area contributed by atoms with Crippen LogP contribution >= 0.6 is 11.6 Å². The van der Waals surface area contributed by atoms with E-state index in [9.17, 15) is 4.79 Å². The lowest BCUT2D eigenvalue weighted by Gasteiger charge is -2.12. The maximum Gasteiger partial charge on any atom is 0.258 e. The number of rotatable bonds is 5. The quantitative estimate of drug-likeness (QED) is 0.875. The molecule has 0 bridgehead atoms. The number of halogens is 1. The number of carbonyl (C=O) groups excluding carboxylic acids is 1. The number of nitrogens with zero attached hydrogens (tertiary/aromatic N) is 2. The van der Waals surface area contributed by atoms with Crippen LogP contribution in [0.2, 0.25) is 5.02 Å². The first-order valence-electron chi connectivity index (χ1n) is 7.14. The predicted octanol–water partition coefficient (Wildman–Crippen LogP) is 3.52. The molecule has 0 aliphatic rings. The summed E-state index contributed by atoms with van der Waals surface area (Å²) in [4.78, 5) is 20.6. The van der Waals surface area contributed by atoms with Gasteiger partial charge >= 0.3 is 0 Å². The van der Waals surface area contributed by atoms with Crippen molar-refractivity contribution in [2.24, 2.45) is 0 Å². The number of amides is 1. The molecule has 7 heteroatoms. The van der Waals surface area contributed by atoms with E-state index in [1.807, 2.05) is 20.8 Å². The summed E-state index contributed by atoms with van der Waals surface area (Å²) in [6, 6.07) is 3.64. The van der Waals surface area contributed by atoms with Gasteiger partial charge in [-0.2, -0.15) is 0 Å². The number of ether oxygens (including phenoxy) is 1. The third kappa shape index (κ3) is 4.32. The molecule has 0 spiro atoms. The van der Waals surface area contributed by atoms with E-state index in [-0.39, 0.29) is 11.9 Å². The molecular weight excluding hydrogens is 316 g/mol. The van der Waals surface area contributed by atoms with Crippen molar-refractivity contribution in [3.63, 3.8) is 0 Å². The molecule has 0 radical (unpaired) electrons. The van der Waals surface area contributed by atoms with Gasteiger partial charge in [0.25, 0.3) is 5.91 Å². The van der Waals surface area contributed by atoms with Gasteiger partial charge in [-0.15, -0.1) is 0 Å². The van der Waals surface area contributed by atoms with E-state index in [0.29, 0.717) is 28.0 Å². The van der Waals surface area contributed by atoms with Gasteiger partial charge in [-0.05, 0) is 32.4 Å². The molecule has 1 aromatic heterocycles. The third-order valence-electron chi connectivity index (χ3n) is 3.06. The highest BCUT2D eigenvalue weighted by molar-refractivity contribution is 6.31. The average molecular weight is 335 g/mol. The molecule has 2 aromatic rings. The molecule has 1 aromatic carbocycles. The topological polar surface area (TPSA) is 76.1 Å². The minimum absolute atomic E-state index is 0.219. The molecule has 0 saturated carbocycles. The number of hydrogen-bond acceptors (Lipinski definition) is 5. The van der Waals surface area contributed by atoms with Gasteiger partial charge in [-0.25, -0.2) is 9.97 Å². The second-order valence-corrected chi connectivity index (χ2v) is 5.76. The summed E-state index contributed by atoms with van der Waals surface area (Å²) in [5.41, 5.74) is 1.74. The fraction of sp³-hybridized carbons (Fsp3) is 0.312. The molecule has 6 nitrogen and oxygen atoms in total. The summed E-state index contributed by atoms with van der Waals surface area (Å²) < 4.78 is 5.24. The van der Waals surface area contributed by atoms with E-state index in [1.165, 1.54) is 19.5 Å². The number of anilines is 2. The number of methoxy groups -OCH3 is 1. The average Bonchev–Trinajstić information content (AvgIpc) is 2.50. The minimum Gasteiger partial charge on any atom is -0.495 e. The molecule has 2 rings (SSSR count). The highest BCUT2D eigenvalue weighted by atomic mass is 35.5. The number of carbonyl (C=O) groups is 1. The number of benzene rings is 1. The largest absolute Gasteiger partial charge is 0.495 e. The Kier molecular flexibility index (Phi) is 5.39. The Hall–Kier alpha value is -2.34. The molecule has 23 heavy (non-hydrogen) atoms. The van der Waals surface area contributed by atoms with Gasteiger partial charge in [0.05, 0.1) is 18.4 Å². The first-order chi connectivity index (χ1) is 10.9. The first-order valence-corrected chi connectivity index (χ1v) is 7.52. The summed E-state index contributed by atoms with van der Waals surface area (Å²) in [6.45, 7) is 5.82. The number of aromatic nitrogens is 2. The lowest BCUT2D eigenvalue weighted by atomic mass is 10.2. The maximum atomic E-state index is 12.3. The summed E-state index contributed by atoms with van der Waals surface area (Å²) in [5.74, 6) is 0.658. The lowest BCUT2D eigenvalue weighted by Crippen LogP contribution is -2.16. The standard InChI is InChI=1S/C16H19ClN4O2/c1-9(2)20-16-18-7-11(8-19-16)15(22)21-13-5-10(3)12(17)6-14(13)23-4/h5-9H,1-4H3,(H,21,22)(H,18,19,20). The van der Waals surface area contributed by atoms with E-state index in [0.717, 1.165) is 5.56 Å². The van der Waals surface area contributed by atoms with Crippen molar-refractivity contribution in [2.45, 2.75) is 26.8 Å². The van der Waals surface area contributed by atoms with E-state index in [4.69, 9.17) is 16.3 Å². The zero-order valence-corrected chi connectivity index (χ0v) is 14.2. The summed E-state index contributed by atoms with van der Waals surface area (Å²) in [5, 5.41) is 6.42. The van der Waals surface area contributed by atoms with Crippen molar-refractivity contribution in [3.05, 3.63) is 40.7 Å². The van der Waals surface area contributed by atoms with Crippen molar-refractivity contribution in [1.82, 2.24) is 9.97 Å². The molecule has 122 valence electrons. The van der Waals surface area contributed by atoms with E-state index >= 15 is 0 Å². The van der Waals surface area contributed by atoms with E-state index < -0.39 is 0 Å². The smallest absolute Gasteiger partial charge is 0.258 e. The molecule has 0 unspecified atom stereocenters. The Labute approximate surface area is 140 Å². The molecule has 1 heterocycles. The van der Waals surface area contributed by atoms with Crippen LogP contribution in [0.4, 0.5) is 11.6 Å². The van der Waals surface area contributed by atoms with Gasteiger partial charge in [0, 0.05) is 29.5 Å². The fourth-order valence-corrected chi connectivity index (χ4v) is 2.06. The second-order valence-electron chi connectivity index (χ2n) is 5.35. The monoisotopic (exact) mass is 334 g/mol. The number of hydrogen-bond donors (Lipinski definition) is 2. The van der Waals surface area contributed by atoms with Crippen molar-refractivity contribution in [3.8, 4) is 5.75 Å². The van der Waals surface area contributed by atoms with Crippen molar-refractivity contribution < 1.29 is 9.53 Å². The molecule has 0 atom stereocenters. The van der Waals surface area contributed by atoms with Crippen LogP contribution in [0.3, 0.4) is 0 Å². The molecule has 1 amide bonds. The summed E-state index contributed by atoms with van der Waals surface area (Å²) in [7, 11) is 1.52. The normalized spacial score (nSPS) is 10.5. The highest BCUT2D eigenvalue weighted by Crippen LogP contribution is 2.31. The van der Waals surface area contributed by atoms with Crippen LogP contribution < -0.4 is 15.4 Å². The van der Waals surface area contributed by atoms with Gasteiger partial charge in [-0.3, -0.25) is 4.79 Å². The molecule has 2 N–H and O–H groups in total. The van der Waals surface area contributed by atoms with Crippen LogP contribution in [0.1, 0.15) is 29.8 Å². The molecule has 0 aliphatic carbocycles. The maximum absolute atomic E-state index is 12.3. The number of aryl methyl sites for hydroxylation is 1. The molecule has 0 fully saturated rings. The zero-order chi connectivity index (χ0) is 17.0. The number of nitrogens with one attached hydrogen (secondary N) is 2. The fourth-order valence-electron chi connectivity index (χ4n) is 1.90. The van der Waals surface area contributed by atoms with Crippen LogP contribution in [-0.4, -0.2) is 29.0 Å². The van der Waals surface area contributed by atoms with Crippen molar-refractivity contribution in [1.29, 1.82) is 0 Å². The van der Waals surface area contributed by atoms with Crippen molar-refractivity contribution >= 4 is 29.1 Å². The van der Waals surface area contributed by atoms with Crippen LogP contribution in [0.25, 0.3) is 0 Å². The molecule has 0 aliphatic heterocycles. The summed E-state index contributed by atoms with van der Waals surface area (Å²) in [6.07, 6.45) is 2.95. The van der Waals surface area contributed by atoms with Crippen LogP contribution in [0.15, 0.2) is 24.5 Å². The van der Waals surface area contributed by atoms with Gasteiger partial charge in [0.2, 0.25) is 5.95 Å². The molecular formula is C16H19ClN4O2. The van der Waals surface area contributed by atoms with E-state index in [1.54, 1.807) is 12.1 Å². The van der Waals surface area contributed by atoms with Crippen LogP contribution in [0, 0.1) is 6.92 Å². The Morgan fingerprint density at radius 3 is 2.48 bits per heavy atom. The van der Waals surface area contributed by atoms with Crippen LogP contribution in [0.5, 0.6) is 5.75 Å². The van der Waals surface area contributed by atoms with Gasteiger partial charge in [0.15, 0.2) is 0 Å². The Balaban J connectivity index is 2.17. The first kappa shape index (κ1) is 17.0. The Bertz CT molecular complexity index is 702. The van der Waals surface area contributed by atoms with E-state index in [2.05, 4.69) is 20.6 Å². The third-order valence-corrected chi connectivity index (χ3v) is 3.47. The SMILES string of the molecule is COc1cc(Cl)c(C)cc1NC(=O)c1cnc(NC(C)C)nc1. The predicted molar refractivity (Wildman–Crippen MR) is 91.5 cm³/mol. The van der Waals surface area contributed by atoms with Gasteiger partial charge < -0.3 is 15.4 Å². The minimum atomic E-state index is -0.318. The molecule has 0 saturated heterocycles. The summed E-state index contributed by atoms with van der Waals surface area (Å²) >= 11 is 6.06. The second kappa shape index (κ2) is 7.28. The Morgan fingerprint density at radius 1 is 1.26 bits per heavy atom. The highest BCUT2D eigenvalue weighted by Gasteiger charge is 2.13. The van der Waals surface area contributed by atoms with Crippen LogP contribution in [-0.2, 0) is 0 Å². The van der Waals surface area contributed by atoms with Gasteiger partial charge in [0.1, 0.15) is 5.75 Å². The zero-order valence-electron chi connectivity index (χ0n) is 13.5. The van der Waals surface area contributed by atoms with Gasteiger partial charge in [-0.1, -0.05) is 11.6 Å². The van der Waals surface area contributed by atoms with Crippen molar-refractivity contribution in [2.75, 3.05) is 17.7 Å². The lowest BCUT2D eigenvalue weighted by molar-refractivity contribution is 0.102.